The van der Waals surface area contributed by atoms with Crippen molar-refractivity contribution in [2.45, 2.75) is 11.3 Å². The van der Waals surface area contributed by atoms with Crippen molar-refractivity contribution in [3.8, 4) is 0 Å². The van der Waals surface area contributed by atoms with Gasteiger partial charge in [0.05, 0.1) is 4.92 Å². The van der Waals surface area contributed by atoms with Crippen molar-refractivity contribution >= 4 is 23.2 Å². The molecule has 0 unspecified atom stereocenters. The van der Waals surface area contributed by atoms with E-state index in [0.29, 0.717) is 11.1 Å². The summed E-state index contributed by atoms with van der Waals surface area (Å²) in [4.78, 5) is 23.7. The molecule has 5 heteroatoms. The van der Waals surface area contributed by atoms with Gasteiger partial charge in [-0.2, -0.15) is 0 Å². The average molecular weight is 287 g/mol. The normalized spacial score (nSPS) is 10.2. The lowest BCUT2D eigenvalue weighted by atomic mass is 10.0. The summed E-state index contributed by atoms with van der Waals surface area (Å²) >= 11 is 1.49. The molecule has 102 valence electrons. The molecule has 0 atom stereocenters. The molecule has 2 rings (SSSR count). The van der Waals surface area contributed by atoms with Crippen LogP contribution in [0.5, 0.6) is 0 Å². The minimum absolute atomic E-state index is 0.0116. The summed E-state index contributed by atoms with van der Waals surface area (Å²) < 4.78 is 0. The van der Waals surface area contributed by atoms with E-state index in [1.165, 1.54) is 17.8 Å². The predicted octanol–water partition coefficient (Wildman–Crippen LogP) is 3.74. The number of nitro benzene ring substituents is 1. The van der Waals surface area contributed by atoms with E-state index in [2.05, 4.69) is 0 Å². The zero-order valence-electron chi connectivity index (χ0n) is 10.9. The molecule has 0 aliphatic rings. The molecule has 0 aromatic heterocycles. The van der Waals surface area contributed by atoms with Crippen LogP contribution >= 0.6 is 11.8 Å². The lowest BCUT2D eigenvalue weighted by Gasteiger charge is -2.06. The molecule has 2 aromatic rings. The number of hydrogen-bond acceptors (Lipinski definition) is 4. The summed E-state index contributed by atoms with van der Waals surface area (Å²) in [6, 6.07) is 13.6. The first-order chi connectivity index (χ1) is 9.63. The average Bonchev–Trinajstić information content (AvgIpc) is 2.47. The molecule has 0 heterocycles. The van der Waals surface area contributed by atoms with Gasteiger partial charge in [-0.15, -0.1) is 11.8 Å². The van der Waals surface area contributed by atoms with Crippen molar-refractivity contribution in [2.75, 3.05) is 6.26 Å². The number of nitrogens with zero attached hydrogens (tertiary/aromatic N) is 1. The van der Waals surface area contributed by atoms with Crippen molar-refractivity contribution in [3.63, 3.8) is 0 Å². The summed E-state index contributed by atoms with van der Waals surface area (Å²) in [7, 11) is 0. The summed E-state index contributed by atoms with van der Waals surface area (Å²) in [5.74, 6) is -0.107. The van der Waals surface area contributed by atoms with Crippen LogP contribution in [-0.2, 0) is 6.42 Å². The third-order valence-corrected chi connectivity index (χ3v) is 3.74. The van der Waals surface area contributed by atoms with Crippen molar-refractivity contribution in [1.29, 1.82) is 0 Å². The van der Waals surface area contributed by atoms with Crippen LogP contribution < -0.4 is 0 Å². The second-order valence-electron chi connectivity index (χ2n) is 4.19. The Kier molecular flexibility index (Phi) is 4.53. The van der Waals surface area contributed by atoms with Crippen LogP contribution in [0, 0.1) is 10.1 Å². The first kappa shape index (κ1) is 14.3. The first-order valence-corrected chi connectivity index (χ1v) is 7.24. The summed E-state index contributed by atoms with van der Waals surface area (Å²) in [6.45, 7) is 0. The van der Waals surface area contributed by atoms with Crippen LogP contribution in [-0.4, -0.2) is 17.0 Å². The van der Waals surface area contributed by atoms with Gasteiger partial charge >= 0.3 is 0 Å². The van der Waals surface area contributed by atoms with E-state index in [1.807, 2.05) is 18.4 Å². The zero-order chi connectivity index (χ0) is 14.5. The lowest BCUT2D eigenvalue weighted by molar-refractivity contribution is -0.385. The SMILES string of the molecule is CSc1ccccc1C(=O)Cc1ccccc1[N+](=O)[O-]. The van der Waals surface area contributed by atoms with E-state index in [1.54, 1.807) is 30.3 Å². The molecule has 0 fully saturated rings. The Morgan fingerprint density at radius 1 is 1.15 bits per heavy atom. The molecule has 4 nitrogen and oxygen atoms in total. The van der Waals surface area contributed by atoms with Crippen LogP contribution in [0.4, 0.5) is 5.69 Å². The van der Waals surface area contributed by atoms with Gasteiger partial charge in [0, 0.05) is 28.5 Å². The summed E-state index contributed by atoms with van der Waals surface area (Å²) in [5.41, 5.74) is 1.04. The van der Waals surface area contributed by atoms with E-state index < -0.39 is 4.92 Å². The molecule has 0 N–H and O–H groups in total. The molecular formula is C15H13NO3S. The van der Waals surface area contributed by atoms with Gasteiger partial charge in [-0.3, -0.25) is 14.9 Å². The van der Waals surface area contributed by atoms with E-state index in [0.717, 1.165) is 4.90 Å². The number of Topliss-reactive ketones (excluding diaryl/α,β-unsaturated/α-hetero) is 1. The molecule has 0 radical (unpaired) electrons. The van der Waals surface area contributed by atoms with Crippen molar-refractivity contribution in [2.24, 2.45) is 0 Å². The van der Waals surface area contributed by atoms with Crippen molar-refractivity contribution < 1.29 is 9.72 Å². The van der Waals surface area contributed by atoms with Crippen molar-refractivity contribution in [3.05, 3.63) is 69.8 Å². The highest BCUT2D eigenvalue weighted by molar-refractivity contribution is 7.98. The molecule has 2 aromatic carbocycles. The molecule has 0 aliphatic heterocycles. The number of ketones is 1. The number of hydrogen-bond donors (Lipinski definition) is 0. The van der Waals surface area contributed by atoms with Crippen LogP contribution in [0.15, 0.2) is 53.4 Å². The highest BCUT2D eigenvalue weighted by Gasteiger charge is 2.17. The number of rotatable bonds is 5. The van der Waals surface area contributed by atoms with Crippen LogP contribution in [0.2, 0.25) is 0 Å². The van der Waals surface area contributed by atoms with E-state index in [-0.39, 0.29) is 17.9 Å². The molecule has 20 heavy (non-hydrogen) atoms. The maximum absolute atomic E-state index is 12.3. The Morgan fingerprint density at radius 3 is 2.50 bits per heavy atom. The van der Waals surface area contributed by atoms with Gasteiger partial charge in [-0.1, -0.05) is 36.4 Å². The van der Waals surface area contributed by atoms with Gasteiger partial charge in [0.15, 0.2) is 5.78 Å². The maximum Gasteiger partial charge on any atom is 0.273 e. The Bertz CT molecular complexity index is 655. The quantitative estimate of drug-likeness (QED) is 0.364. The van der Waals surface area contributed by atoms with E-state index in [4.69, 9.17) is 0 Å². The zero-order valence-corrected chi connectivity index (χ0v) is 11.7. The van der Waals surface area contributed by atoms with Crippen LogP contribution in [0.25, 0.3) is 0 Å². The molecule has 0 aliphatic carbocycles. The van der Waals surface area contributed by atoms with Gasteiger partial charge in [-0.05, 0) is 12.3 Å². The smallest absolute Gasteiger partial charge is 0.273 e. The fourth-order valence-electron chi connectivity index (χ4n) is 1.98. The standard InChI is InChI=1S/C15H13NO3S/c1-20-15-9-5-3-7-12(15)14(17)10-11-6-2-4-8-13(11)16(18)19/h2-9H,10H2,1H3. The van der Waals surface area contributed by atoms with Crippen LogP contribution in [0.3, 0.4) is 0 Å². The third-order valence-electron chi connectivity index (χ3n) is 2.95. The van der Waals surface area contributed by atoms with Crippen LogP contribution in [0.1, 0.15) is 15.9 Å². The monoisotopic (exact) mass is 287 g/mol. The fourth-order valence-corrected chi connectivity index (χ4v) is 2.60. The van der Waals surface area contributed by atoms with Gasteiger partial charge < -0.3 is 0 Å². The number of nitro groups is 1. The minimum atomic E-state index is -0.455. The fraction of sp³-hybridized carbons (Fsp3) is 0.133. The predicted molar refractivity (Wildman–Crippen MR) is 79.4 cm³/mol. The molecular weight excluding hydrogens is 274 g/mol. The summed E-state index contributed by atoms with van der Waals surface area (Å²) in [5, 5.41) is 11.0. The number of carbonyl (C=O) groups is 1. The molecule has 0 saturated heterocycles. The topological polar surface area (TPSA) is 60.2 Å². The summed E-state index contributed by atoms with van der Waals surface area (Å²) in [6.07, 6.45) is 1.94. The lowest BCUT2D eigenvalue weighted by Crippen LogP contribution is -2.07. The molecule has 0 spiro atoms. The van der Waals surface area contributed by atoms with Gasteiger partial charge in [-0.25, -0.2) is 0 Å². The Morgan fingerprint density at radius 2 is 1.80 bits per heavy atom. The van der Waals surface area contributed by atoms with Gasteiger partial charge in [0.25, 0.3) is 5.69 Å². The Hall–Kier alpha value is -2.14. The number of thioether (sulfide) groups is 1. The highest BCUT2D eigenvalue weighted by Crippen LogP contribution is 2.24. The number of carbonyl (C=O) groups excluding carboxylic acids is 1. The van der Waals surface area contributed by atoms with Gasteiger partial charge in [0.1, 0.15) is 0 Å². The number of benzene rings is 2. The van der Waals surface area contributed by atoms with Crippen molar-refractivity contribution in [1.82, 2.24) is 0 Å². The second kappa shape index (κ2) is 6.34. The Balaban J connectivity index is 2.31. The Labute approximate surface area is 121 Å². The van der Waals surface area contributed by atoms with E-state index >= 15 is 0 Å². The largest absolute Gasteiger partial charge is 0.294 e. The minimum Gasteiger partial charge on any atom is -0.294 e. The maximum atomic E-state index is 12.3. The molecule has 0 amide bonds. The number of para-hydroxylation sites is 1. The third kappa shape index (κ3) is 3.05. The van der Waals surface area contributed by atoms with E-state index in [9.17, 15) is 14.9 Å². The van der Waals surface area contributed by atoms with Gasteiger partial charge in [0.2, 0.25) is 0 Å². The second-order valence-corrected chi connectivity index (χ2v) is 5.03. The highest BCUT2D eigenvalue weighted by atomic mass is 32.2. The first-order valence-electron chi connectivity index (χ1n) is 6.02. The molecule has 0 bridgehead atoms. The molecule has 0 saturated carbocycles.